The number of carbonyl (C=O) groups excluding carboxylic acids is 1. The van der Waals surface area contributed by atoms with Gasteiger partial charge in [0.2, 0.25) is 0 Å². The summed E-state index contributed by atoms with van der Waals surface area (Å²) in [6.45, 7) is 7.40. The second-order valence-electron chi connectivity index (χ2n) is 5.65. The molecule has 0 N–H and O–H groups in total. The van der Waals surface area contributed by atoms with Gasteiger partial charge < -0.3 is 9.64 Å². The van der Waals surface area contributed by atoms with E-state index in [2.05, 4.69) is 18.7 Å². The van der Waals surface area contributed by atoms with Crippen LogP contribution in [0.25, 0.3) is 0 Å². The van der Waals surface area contributed by atoms with E-state index in [4.69, 9.17) is 16.3 Å². The Labute approximate surface area is 131 Å². The number of ether oxygens (including phenoxy) is 1. The Morgan fingerprint density at radius 2 is 2.00 bits per heavy atom. The number of benzene rings is 1. The van der Waals surface area contributed by atoms with Crippen LogP contribution in [0.2, 0.25) is 5.02 Å². The molecule has 2 atom stereocenters. The minimum absolute atomic E-state index is 0.0580. The van der Waals surface area contributed by atoms with Crippen molar-refractivity contribution in [1.82, 2.24) is 9.80 Å². The SMILES string of the molecule is COCCN1C(C)CN(C(=O)c2cccc(Cl)c2)CC1C. The number of rotatable bonds is 4. The largest absolute Gasteiger partial charge is 0.383 e. The summed E-state index contributed by atoms with van der Waals surface area (Å²) in [6, 6.07) is 7.81. The molecule has 5 heteroatoms. The number of piperazine rings is 1. The normalized spacial score (nSPS) is 23.3. The van der Waals surface area contributed by atoms with E-state index < -0.39 is 0 Å². The molecule has 116 valence electrons. The van der Waals surface area contributed by atoms with Crippen LogP contribution in [0.15, 0.2) is 24.3 Å². The molecule has 0 aliphatic carbocycles. The van der Waals surface area contributed by atoms with E-state index in [0.717, 1.165) is 26.2 Å². The van der Waals surface area contributed by atoms with Crippen LogP contribution in [0.3, 0.4) is 0 Å². The van der Waals surface area contributed by atoms with E-state index in [1.54, 1.807) is 19.2 Å². The molecule has 1 aliphatic heterocycles. The van der Waals surface area contributed by atoms with Gasteiger partial charge in [-0.15, -0.1) is 0 Å². The van der Waals surface area contributed by atoms with Crippen molar-refractivity contribution in [3.8, 4) is 0 Å². The van der Waals surface area contributed by atoms with Crippen LogP contribution < -0.4 is 0 Å². The fourth-order valence-electron chi connectivity index (χ4n) is 2.96. The molecule has 0 radical (unpaired) electrons. The van der Waals surface area contributed by atoms with Crippen LogP contribution in [0.5, 0.6) is 0 Å². The van der Waals surface area contributed by atoms with Crippen LogP contribution in [0.4, 0.5) is 0 Å². The van der Waals surface area contributed by atoms with Crippen LogP contribution >= 0.6 is 11.6 Å². The van der Waals surface area contributed by atoms with Gasteiger partial charge in [-0.05, 0) is 32.0 Å². The van der Waals surface area contributed by atoms with Crippen LogP contribution in [-0.2, 0) is 4.74 Å². The molecule has 1 aromatic rings. The van der Waals surface area contributed by atoms with Gasteiger partial charge in [0.25, 0.3) is 5.91 Å². The van der Waals surface area contributed by atoms with Crippen molar-refractivity contribution < 1.29 is 9.53 Å². The Morgan fingerprint density at radius 3 is 2.57 bits per heavy atom. The highest BCUT2D eigenvalue weighted by atomic mass is 35.5. The summed E-state index contributed by atoms with van der Waals surface area (Å²) in [7, 11) is 1.72. The van der Waals surface area contributed by atoms with Crippen molar-refractivity contribution in [2.45, 2.75) is 25.9 Å². The van der Waals surface area contributed by atoms with Gasteiger partial charge in [0.1, 0.15) is 0 Å². The van der Waals surface area contributed by atoms with Crippen molar-refractivity contribution in [3.05, 3.63) is 34.9 Å². The molecule has 1 fully saturated rings. The third-order valence-electron chi connectivity index (χ3n) is 4.01. The summed E-state index contributed by atoms with van der Waals surface area (Å²) in [4.78, 5) is 16.9. The monoisotopic (exact) mass is 310 g/mol. The number of hydrogen-bond donors (Lipinski definition) is 0. The number of hydrogen-bond acceptors (Lipinski definition) is 3. The Kier molecular flexibility index (Phi) is 5.62. The maximum absolute atomic E-state index is 12.6. The molecule has 0 spiro atoms. The van der Waals surface area contributed by atoms with E-state index >= 15 is 0 Å². The fourth-order valence-corrected chi connectivity index (χ4v) is 3.15. The molecular formula is C16H23ClN2O2. The van der Waals surface area contributed by atoms with Gasteiger partial charge >= 0.3 is 0 Å². The summed E-state index contributed by atoms with van der Waals surface area (Å²) < 4.78 is 5.16. The number of halogens is 1. The molecule has 1 saturated heterocycles. The Balaban J connectivity index is 2.05. The molecule has 0 saturated carbocycles. The van der Waals surface area contributed by atoms with E-state index in [-0.39, 0.29) is 5.91 Å². The van der Waals surface area contributed by atoms with Crippen molar-refractivity contribution in [2.24, 2.45) is 0 Å². The first-order valence-corrected chi connectivity index (χ1v) is 7.70. The van der Waals surface area contributed by atoms with Crippen molar-refractivity contribution in [3.63, 3.8) is 0 Å². The highest BCUT2D eigenvalue weighted by Gasteiger charge is 2.31. The summed E-state index contributed by atoms with van der Waals surface area (Å²) in [6.07, 6.45) is 0. The molecule has 0 aromatic heterocycles. The van der Waals surface area contributed by atoms with Crippen molar-refractivity contribution >= 4 is 17.5 Å². The van der Waals surface area contributed by atoms with E-state index in [9.17, 15) is 4.79 Å². The Bertz CT molecular complexity index is 483. The number of amides is 1. The summed E-state index contributed by atoms with van der Waals surface area (Å²) >= 11 is 5.97. The zero-order valence-electron chi connectivity index (χ0n) is 12.9. The Hall–Kier alpha value is -1.10. The van der Waals surface area contributed by atoms with Crippen molar-refractivity contribution in [1.29, 1.82) is 0 Å². The lowest BCUT2D eigenvalue weighted by Gasteiger charge is -2.44. The highest BCUT2D eigenvalue weighted by molar-refractivity contribution is 6.30. The molecule has 0 bridgehead atoms. The van der Waals surface area contributed by atoms with Gasteiger partial charge in [-0.2, -0.15) is 0 Å². The molecule has 1 aromatic carbocycles. The lowest BCUT2D eigenvalue weighted by atomic mass is 10.1. The lowest BCUT2D eigenvalue weighted by Crippen LogP contribution is -2.58. The van der Waals surface area contributed by atoms with Gasteiger partial charge in [-0.1, -0.05) is 17.7 Å². The maximum atomic E-state index is 12.6. The number of nitrogens with zero attached hydrogens (tertiary/aromatic N) is 2. The van der Waals surface area contributed by atoms with Gasteiger partial charge in [-0.3, -0.25) is 9.69 Å². The molecule has 1 aliphatic rings. The second-order valence-corrected chi connectivity index (χ2v) is 6.09. The molecule has 21 heavy (non-hydrogen) atoms. The molecular weight excluding hydrogens is 288 g/mol. The fraction of sp³-hybridized carbons (Fsp3) is 0.562. The minimum atomic E-state index is 0.0580. The van der Waals surface area contributed by atoms with Gasteiger partial charge in [0.05, 0.1) is 6.61 Å². The average molecular weight is 311 g/mol. The smallest absolute Gasteiger partial charge is 0.254 e. The van der Waals surface area contributed by atoms with Crippen LogP contribution in [0, 0.1) is 0 Å². The first-order chi connectivity index (χ1) is 10.0. The third-order valence-corrected chi connectivity index (χ3v) is 4.25. The quantitative estimate of drug-likeness (QED) is 0.856. The van der Waals surface area contributed by atoms with E-state index in [1.165, 1.54) is 0 Å². The minimum Gasteiger partial charge on any atom is -0.383 e. The molecule has 2 rings (SSSR count). The van der Waals surface area contributed by atoms with Crippen LogP contribution in [0.1, 0.15) is 24.2 Å². The zero-order valence-corrected chi connectivity index (χ0v) is 13.6. The average Bonchev–Trinajstić information content (AvgIpc) is 2.45. The highest BCUT2D eigenvalue weighted by Crippen LogP contribution is 2.19. The summed E-state index contributed by atoms with van der Waals surface area (Å²) in [5.41, 5.74) is 0.659. The standard InChI is InChI=1S/C16H23ClN2O2/c1-12-10-18(11-13(2)19(12)7-8-21-3)16(20)14-5-4-6-15(17)9-14/h4-6,9,12-13H,7-8,10-11H2,1-3H3. The predicted octanol–water partition coefficient (Wildman–Crippen LogP) is 2.52. The molecule has 1 amide bonds. The first-order valence-electron chi connectivity index (χ1n) is 7.32. The predicted molar refractivity (Wildman–Crippen MR) is 84.9 cm³/mol. The molecule has 2 unspecified atom stereocenters. The third kappa shape index (κ3) is 3.96. The summed E-state index contributed by atoms with van der Waals surface area (Å²) in [5, 5.41) is 0.598. The van der Waals surface area contributed by atoms with Gasteiger partial charge in [0, 0.05) is 49.4 Å². The van der Waals surface area contributed by atoms with Gasteiger partial charge in [0.15, 0.2) is 0 Å². The maximum Gasteiger partial charge on any atom is 0.254 e. The lowest BCUT2D eigenvalue weighted by molar-refractivity contribution is 0.0193. The molecule has 4 nitrogen and oxygen atoms in total. The van der Waals surface area contributed by atoms with Crippen molar-refractivity contribution in [2.75, 3.05) is 33.4 Å². The first kappa shape index (κ1) is 16.3. The topological polar surface area (TPSA) is 32.8 Å². The van der Waals surface area contributed by atoms with E-state index in [1.807, 2.05) is 17.0 Å². The number of methoxy groups -OCH3 is 1. The Morgan fingerprint density at radius 1 is 1.33 bits per heavy atom. The molecule has 1 heterocycles. The zero-order chi connectivity index (χ0) is 15.4. The van der Waals surface area contributed by atoms with E-state index in [0.29, 0.717) is 22.7 Å². The summed E-state index contributed by atoms with van der Waals surface area (Å²) in [5.74, 6) is 0.0580. The van der Waals surface area contributed by atoms with Crippen LogP contribution in [-0.4, -0.2) is 61.1 Å². The second kappa shape index (κ2) is 7.25. The number of carbonyl (C=O) groups is 1. The van der Waals surface area contributed by atoms with Gasteiger partial charge in [-0.25, -0.2) is 0 Å².